The quantitative estimate of drug-likeness (QED) is 0.497. The number of rotatable bonds is 4. The molecule has 5 heteroatoms. The summed E-state index contributed by atoms with van der Waals surface area (Å²) in [6.07, 6.45) is 4.58. The second-order valence-corrected chi connectivity index (χ2v) is 10.1. The Labute approximate surface area is 204 Å². The highest BCUT2D eigenvalue weighted by Crippen LogP contribution is 2.49. The first-order valence-corrected chi connectivity index (χ1v) is 12.6. The van der Waals surface area contributed by atoms with Crippen LogP contribution in [0.5, 0.6) is 0 Å². The molecule has 3 heterocycles. The van der Waals surface area contributed by atoms with Crippen LogP contribution in [0.15, 0.2) is 40.5 Å². The number of aromatic nitrogens is 1. The van der Waals surface area contributed by atoms with Crippen LogP contribution < -0.4 is 10.9 Å². The molecule has 0 aliphatic carbocycles. The second-order valence-electron chi connectivity index (χ2n) is 10.1. The number of allylic oxidation sites excluding steroid dienone is 2. The molecular weight excluding hydrogens is 420 g/mol. The number of benzene rings is 1. The average molecular weight is 460 g/mol. The van der Waals surface area contributed by atoms with Gasteiger partial charge in [0.1, 0.15) is 0 Å². The van der Waals surface area contributed by atoms with Crippen LogP contribution in [0.3, 0.4) is 0 Å². The Balaban J connectivity index is 0.00000158. The maximum absolute atomic E-state index is 13.2. The number of H-pyrrole nitrogens is 1. The second kappa shape index (κ2) is 10.0. The molecule has 4 rings (SSSR count). The van der Waals surface area contributed by atoms with Crippen LogP contribution in [0.2, 0.25) is 0 Å². The minimum atomic E-state index is -0.134. The molecule has 34 heavy (non-hydrogen) atoms. The lowest BCUT2D eigenvalue weighted by Gasteiger charge is -2.36. The molecule has 1 aromatic carbocycles. The number of pyridine rings is 1. The maximum Gasteiger partial charge on any atom is 0.254 e. The third-order valence-corrected chi connectivity index (χ3v) is 6.38. The zero-order valence-corrected chi connectivity index (χ0v) is 22.0. The molecule has 0 spiro atoms. The largest absolute Gasteiger partial charge is 0.358 e. The van der Waals surface area contributed by atoms with Gasteiger partial charge in [-0.2, -0.15) is 9.84 Å². The van der Waals surface area contributed by atoms with Gasteiger partial charge < -0.3 is 10.3 Å². The van der Waals surface area contributed by atoms with Gasteiger partial charge in [-0.05, 0) is 31.4 Å². The molecule has 2 aliphatic rings. The fourth-order valence-corrected chi connectivity index (χ4v) is 5.10. The van der Waals surface area contributed by atoms with Crippen molar-refractivity contribution >= 4 is 17.1 Å². The van der Waals surface area contributed by atoms with Gasteiger partial charge in [0, 0.05) is 35.4 Å². The van der Waals surface area contributed by atoms with E-state index in [-0.39, 0.29) is 16.9 Å². The fraction of sp³-hybridized carbons (Fsp3) is 0.483. The Morgan fingerprint density at radius 1 is 1.18 bits per heavy atom. The molecule has 5 nitrogen and oxygen atoms in total. The molecule has 2 aliphatic heterocycles. The summed E-state index contributed by atoms with van der Waals surface area (Å²) in [6.45, 7) is 18.0. The highest BCUT2D eigenvalue weighted by Gasteiger charge is 2.44. The van der Waals surface area contributed by atoms with E-state index in [1.54, 1.807) is 6.20 Å². The van der Waals surface area contributed by atoms with E-state index in [0.29, 0.717) is 5.56 Å². The van der Waals surface area contributed by atoms with Crippen LogP contribution >= 0.6 is 0 Å². The number of aryl methyl sites for hydroxylation is 1. The Kier molecular flexibility index (Phi) is 7.51. The van der Waals surface area contributed by atoms with Crippen molar-refractivity contribution in [3.63, 3.8) is 0 Å². The lowest BCUT2D eigenvalue weighted by molar-refractivity contribution is -0.460. The summed E-state index contributed by atoms with van der Waals surface area (Å²) in [5, 5.41) is 13.3. The number of anilines is 1. The molecule has 180 valence electrons. The third kappa shape index (κ3) is 4.46. The van der Waals surface area contributed by atoms with Gasteiger partial charge in [-0.1, -0.05) is 54.5 Å². The van der Waals surface area contributed by atoms with Gasteiger partial charge in [0.15, 0.2) is 12.3 Å². The SMILES string of the molecule is CC.CCCC1=[N+](CC(C)(C)C)c2cc(C#N)ccc2C2C1=C(CC)Nc1c(C)c[nH]c(=O)c12. The van der Waals surface area contributed by atoms with Crippen LogP contribution in [0.4, 0.5) is 11.4 Å². The van der Waals surface area contributed by atoms with Crippen molar-refractivity contribution in [3.8, 4) is 6.07 Å². The summed E-state index contributed by atoms with van der Waals surface area (Å²) in [5.41, 5.74) is 9.26. The van der Waals surface area contributed by atoms with E-state index in [2.05, 4.69) is 61.6 Å². The van der Waals surface area contributed by atoms with E-state index in [4.69, 9.17) is 0 Å². The van der Waals surface area contributed by atoms with E-state index in [0.717, 1.165) is 53.9 Å². The van der Waals surface area contributed by atoms with Gasteiger partial charge in [0.2, 0.25) is 5.69 Å². The van der Waals surface area contributed by atoms with Crippen molar-refractivity contribution in [2.24, 2.45) is 5.41 Å². The van der Waals surface area contributed by atoms with Crippen LogP contribution in [0.1, 0.15) is 95.9 Å². The number of fused-ring (bicyclic) bond motifs is 5. The lowest BCUT2D eigenvalue weighted by Crippen LogP contribution is -2.38. The summed E-state index contributed by atoms with van der Waals surface area (Å²) < 4.78 is 2.41. The predicted molar refractivity (Wildman–Crippen MR) is 141 cm³/mol. The summed E-state index contributed by atoms with van der Waals surface area (Å²) in [5.74, 6) is -0.134. The van der Waals surface area contributed by atoms with E-state index < -0.39 is 0 Å². The van der Waals surface area contributed by atoms with Crippen LogP contribution in [0, 0.1) is 23.7 Å². The van der Waals surface area contributed by atoms with Crippen molar-refractivity contribution < 1.29 is 4.58 Å². The normalized spacial score (nSPS) is 16.5. The molecular formula is C29H39N4O+. The molecule has 0 saturated heterocycles. The van der Waals surface area contributed by atoms with Crippen molar-refractivity contribution in [1.29, 1.82) is 5.26 Å². The topological polar surface area (TPSA) is 71.7 Å². The molecule has 0 saturated carbocycles. The zero-order valence-electron chi connectivity index (χ0n) is 22.0. The number of hydrogen-bond acceptors (Lipinski definition) is 3. The number of hydrogen-bond donors (Lipinski definition) is 2. The maximum atomic E-state index is 13.2. The van der Waals surface area contributed by atoms with Crippen molar-refractivity contribution in [2.75, 3.05) is 11.9 Å². The molecule has 2 aromatic rings. The molecule has 2 N–H and O–H groups in total. The smallest absolute Gasteiger partial charge is 0.254 e. The summed E-state index contributed by atoms with van der Waals surface area (Å²) >= 11 is 0. The molecule has 0 bridgehead atoms. The van der Waals surface area contributed by atoms with Crippen LogP contribution in [-0.4, -0.2) is 21.8 Å². The monoisotopic (exact) mass is 459 g/mol. The van der Waals surface area contributed by atoms with Gasteiger partial charge in [-0.3, -0.25) is 4.79 Å². The zero-order chi connectivity index (χ0) is 25.2. The van der Waals surface area contributed by atoms with E-state index in [9.17, 15) is 10.1 Å². The molecule has 0 amide bonds. The molecule has 0 radical (unpaired) electrons. The van der Waals surface area contributed by atoms with Crippen LogP contribution in [0.25, 0.3) is 0 Å². The fourth-order valence-electron chi connectivity index (χ4n) is 5.10. The van der Waals surface area contributed by atoms with Crippen molar-refractivity contribution in [3.05, 3.63) is 68.3 Å². The van der Waals surface area contributed by atoms with E-state index in [1.165, 1.54) is 17.0 Å². The number of nitrogens with zero attached hydrogens (tertiary/aromatic N) is 2. The standard InChI is InChI=1S/C27H32N4O.C2H6/c1-7-9-20-23-19(8-2)30-25-16(3)14-29-26(32)24(25)22(23)18-11-10-17(13-28)12-21(18)31(20)15-27(4,5)6;1-2/h10-12,14,22H,7-9,15H2,1-6H3,(H,29,32);1-2H3/p+1. The molecule has 1 aromatic heterocycles. The Morgan fingerprint density at radius 3 is 2.47 bits per heavy atom. The van der Waals surface area contributed by atoms with Crippen molar-refractivity contribution in [2.45, 2.75) is 80.6 Å². The first kappa shape index (κ1) is 25.5. The van der Waals surface area contributed by atoms with Gasteiger partial charge >= 0.3 is 0 Å². The summed E-state index contributed by atoms with van der Waals surface area (Å²) in [6, 6.07) is 8.25. The predicted octanol–water partition coefficient (Wildman–Crippen LogP) is 6.75. The molecule has 0 fully saturated rings. The first-order valence-electron chi connectivity index (χ1n) is 12.6. The molecule has 1 unspecified atom stereocenters. The minimum Gasteiger partial charge on any atom is -0.358 e. The van der Waals surface area contributed by atoms with E-state index >= 15 is 0 Å². The highest BCUT2D eigenvalue weighted by atomic mass is 16.1. The highest BCUT2D eigenvalue weighted by molar-refractivity contribution is 6.03. The Hall–Kier alpha value is -3.13. The summed E-state index contributed by atoms with van der Waals surface area (Å²) in [7, 11) is 0. The molecule has 1 atom stereocenters. The number of nitrogens with one attached hydrogen (secondary N) is 2. The number of nitriles is 1. The first-order chi connectivity index (χ1) is 16.2. The average Bonchev–Trinajstić information content (AvgIpc) is 2.82. The van der Waals surface area contributed by atoms with Gasteiger partial charge in [0.05, 0.1) is 34.4 Å². The van der Waals surface area contributed by atoms with Gasteiger partial charge in [0.25, 0.3) is 5.56 Å². The van der Waals surface area contributed by atoms with E-state index in [1.807, 2.05) is 32.9 Å². The minimum absolute atomic E-state index is 0.0498. The third-order valence-electron chi connectivity index (χ3n) is 6.38. The van der Waals surface area contributed by atoms with Crippen molar-refractivity contribution in [1.82, 2.24) is 4.98 Å². The van der Waals surface area contributed by atoms with Gasteiger partial charge in [-0.15, -0.1) is 0 Å². The van der Waals surface area contributed by atoms with Gasteiger partial charge in [-0.25, -0.2) is 0 Å². The van der Waals surface area contributed by atoms with Crippen LogP contribution in [-0.2, 0) is 0 Å². The Morgan fingerprint density at radius 2 is 1.88 bits per heavy atom. The Bertz CT molecular complexity index is 1250. The lowest BCUT2D eigenvalue weighted by atomic mass is 9.74. The summed E-state index contributed by atoms with van der Waals surface area (Å²) in [4.78, 5) is 16.1. The number of aromatic amines is 1.